The first-order chi connectivity index (χ1) is 7.65. The van der Waals surface area contributed by atoms with E-state index >= 15 is 0 Å². The van der Waals surface area contributed by atoms with Gasteiger partial charge in [0.15, 0.2) is 0 Å². The van der Waals surface area contributed by atoms with Crippen molar-refractivity contribution in [2.75, 3.05) is 26.1 Å². The Morgan fingerprint density at radius 1 is 1.44 bits per heavy atom. The van der Waals surface area contributed by atoms with Gasteiger partial charge in [-0.1, -0.05) is 15.9 Å². The molecule has 0 amide bonds. The average molecular weight is 288 g/mol. The second-order valence-corrected chi connectivity index (χ2v) is 4.13. The van der Waals surface area contributed by atoms with Gasteiger partial charge in [0.05, 0.1) is 12.2 Å². The molecule has 1 rings (SSSR count). The molecule has 0 aliphatic heterocycles. The number of anilines is 1. The first kappa shape index (κ1) is 13.0. The van der Waals surface area contributed by atoms with Gasteiger partial charge in [0.1, 0.15) is 0 Å². The molecule has 0 radical (unpaired) electrons. The third-order valence-corrected chi connectivity index (χ3v) is 2.45. The lowest BCUT2D eigenvalue weighted by Crippen LogP contribution is -2.10. The lowest BCUT2D eigenvalue weighted by atomic mass is 10.2. The van der Waals surface area contributed by atoms with Crippen LogP contribution in [0.5, 0.6) is 0 Å². The summed E-state index contributed by atoms with van der Waals surface area (Å²) in [6, 6.07) is 5.06. The van der Waals surface area contributed by atoms with E-state index < -0.39 is 5.97 Å². The largest absolute Gasteiger partial charge is 0.462 e. The zero-order valence-electron chi connectivity index (χ0n) is 9.03. The average Bonchev–Trinajstić information content (AvgIpc) is 2.24. The maximum Gasteiger partial charge on any atom is 0.340 e. The highest BCUT2D eigenvalue weighted by Crippen LogP contribution is 2.19. The van der Waals surface area contributed by atoms with Crippen LogP contribution in [0.3, 0.4) is 0 Å². The van der Waals surface area contributed by atoms with Crippen LogP contribution in [0.1, 0.15) is 16.8 Å². The monoisotopic (exact) mass is 287 g/mol. The summed E-state index contributed by atoms with van der Waals surface area (Å²) in [6.07, 6.45) is 0.679. The van der Waals surface area contributed by atoms with E-state index in [0.29, 0.717) is 30.9 Å². The van der Waals surface area contributed by atoms with Crippen LogP contribution >= 0.6 is 15.9 Å². The van der Waals surface area contributed by atoms with Crippen LogP contribution in [-0.2, 0) is 9.47 Å². The summed E-state index contributed by atoms with van der Waals surface area (Å²) in [5.41, 5.74) is 6.50. The second kappa shape index (κ2) is 6.50. The van der Waals surface area contributed by atoms with Gasteiger partial charge in [-0.3, -0.25) is 0 Å². The Morgan fingerprint density at radius 3 is 2.81 bits per heavy atom. The van der Waals surface area contributed by atoms with Crippen molar-refractivity contribution in [1.29, 1.82) is 0 Å². The number of nitrogens with two attached hydrogens (primary N) is 1. The number of rotatable bonds is 5. The number of benzene rings is 1. The van der Waals surface area contributed by atoms with E-state index in [2.05, 4.69) is 15.9 Å². The molecule has 0 aliphatic rings. The first-order valence-corrected chi connectivity index (χ1v) is 5.65. The molecule has 0 spiro atoms. The van der Waals surface area contributed by atoms with E-state index in [1.54, 1.807) is 25.3 Å². The van der Waals surface area contributed by atoms with Crippen LogP contribution < -0.4 is 5.73 Å². The molecular weight excluding hydrogens is 274 g/mol. The van der Waals surface area contributed by atoms with Gasteiger partial charge >= 0.3 is 5.97 Å². The lowest BCUT2D eigenvalue weighted by Gasteiger charge is -2.06. The maximum atomic E-state index is 11.6. The van der Waals surface area contributed by atoms with Gasteiger partial charge in [0.25, 0.3) is 0 Å². The van der Waals surface area contributed by atoms with Crippen molar-refractivity contribution < 1.29 is 14.3 Å². The van der Waals surface area contributed by atoms with Crippen molar-refractivity contribution >= 4 is 27.6 Å². The number of nitrogen functional groups attached to an aromatic ring is 1. The minimum absolute atomic E-state index is 0.335. The minimum atomic E-state index is -0.402. The van der Waals surface area contributed by atoms with Crippen LogP contribution in [0.4, 0.5) is 5.69 Å². The van der Waals surface area contributed by atoms with Crippen molar-refractivity contribution in [3.8, 4) is 0 Å². The molecule has 88 valence electrons. The third kappa shape index (κ3) is 3.83. The van der Waals surface area contributed by atoms with Crippen molar-refractivity contribution in [1.82, 2.24) is 0 Å². The lowest BCUT2D eigenvalue weighted by molar-refractivity contribution is 0.0469. The summed E-state index contributed by atoms with van der Waals surface area (Å²) in [5.74, 6) is -0.402. The maximum absolute atomic E-state index is 11.6. The van der Waals surface area contributed by atoms with E-state index in [9.17, 15) is 4.79 Å². The molecule has 0 unspecified atom stereocenters. The van der Waals surface area contributed by atoms with Gasteiger partial charge in [-0.25, -0.2) is 4.79 Å². The topological polar surface area (TPSA) is 61.5 Å². The fraction of sp³-hybridized carbons (Fsp3) is 0.364. The highest BCUT2D eigenvalue weighted by molar-refractivity contribution is 9.10. The Hall–Kier alpha value is -1.07. The summed E-state index contributed by atoms with van der Waals surface area (Å²) in [6.45, 7) is 0.908. The molecule has 1 aromatic carbocycles. The molecule has 4 nitrogen and oxygen atoms in total. The number of hydrogen-bond acceptors (Lipinski definition) is 4. The van der Waals surface area contributed by atoms with E-state index in [1.807, 2.05) is 0 Å². The molecule has 1 aromatic rings. The van der Waals surface area contributed by atoms with Crippen molar-refractivity contribution in [3.05, 3.63) is 28.2 Å². The van der Waals surface area contributed by atoms with Crippen LogP contribution in [0.25, 0.3) is 0 Å². The first-order valence-electron chi connectivity index (χ1n) is 4.86. The summed E-state index contributed by atoms with van der Waals surface area (Å²) in [4.78, 5) is 11.6. The summed E-state index contributed by atoms with van der Waals surface area (Å²) in [7, 11) is 1.61. The fourth-order valence-corrected chi connectivity index (χ4v) is 1.54. The molecule has 5 heteroatoms. The molecule has 2 N–H and O–H groups in total. The number of hydrogen-bond donors (Lipinski definition) is 1. The van der Waals surface area contributed by atoms with Gasteiger partial charge in [0.2, 0.25) is 0 Å². The molecule has 0 fully saturated rings. The van der Waals surface area contributed by atoms with E-state index in [0.717, 1.165) is 4.47 Å². The summed E-state index contributed by atoms with van der Waals surface area (Å²) >= 11 is 3.27. The molecule has 0 heterocycles. The quantitative estimate of drug-likeness (QED) is 0.512. The molecule has 0 bridgehead atoms. The van der Waals surface area contributed by atoms with Crippen LogP contribution in [0.15, 0.2) is 22.7 Å². The van der Waals surface area contributed by atoms with Crippen molar-refractivity contribution in [2.45, 2.75) is 6.42 Å². The van der Waals surface area contributed by atoms with Crippen molar-refractivity contribution in [2.24, 2.45) is 0 Å². The predicted octanol–water partition coefficient (Wildman–Crippen LogP) is 2.22. The molecule has 16 heavy (non-hydrogen) atoms. The smallest absolute Gasteiger partial charge is 0.340 e. The van der Waals surface area contributed by atoms with Crippen LogP contribution in [0, 0.1) is 0 Å². The van der Waals surface area contributed by atoms with Gasteiger partial charge in [0, 0.05) is 30.3 Å². The Morgan fingerprint density at radius 2 is 2.19 bits per heavy atom. The predicted molar refractivity (Wildman–Crippen MR) is 65.3 cm³/mol. The molecule has 0 atom stereocenters. The number of ether oxygens (including phenoxy) is 2. The number of esters is 1. The second-order valence-electron chi connectivity index (χ2n) is 3.21. The highest BCUT2D eigenvalue weighted by Gasteiger charge is 2.10. The number of carbonyl (C=O) groups excluding carboxylic acids is 1. The minimum Gasteiger partial charge on any atom is -0.462 e. The Kier molecular flexibility index (Phi) is 5.28. The number of methoxy groups -OCH3 is 1. The third-order valence-electron chi connectivity index (χ3n) is 1.96. The fourth-order valence-electron chi connectivity index (χ4n) is 1.17. The Bertz CT molecular complexity index is 368. The Labute approximate surface area is 103 Å². The molecule has 0 saturated heterocycles. The van der Waals surface area contributed by atoms with Gasteiger partial charge in [-0.15, -0.1) is 0 Å². The molecular formula is C11H14BrNO3. The standard InChI is InChI=1S/C11H14BrNO3/c1-15-5-2-6-16-11(14)9-4-3-8(12)7-10(9)13/h3-4,7H,2,5-6,13H2,1H3. The van der Waals surface area contributed by atoms with Gasteiger partial charge in [-0.2, -0.15) is 0 Å². The van der Waals surface area contributed by atoms with E-state index in [1.165, 1.54) is 0 Å². The number of halogens is 1. The highest BCUT2D eigenvalue weighted by atomic mass is 79.9. The number of carbonyl (C=O) groups is 1. The SMILES string of the molecule is COCCCOC(=O)c1ccc(Br)cc1N. The normalized spacial score (nSPS) is 10.1. The van der Waals surface area contributed by atoms with E-state index in [4.69, 9.17) is 15.2 Å². The molecule has 0 aliphatic carbocycles. The van der Waals surface area contributed by atoms with Gasteiger partial charge < -0.3 is 15.2 Å². The summed E-state index contributed by atoms with van der Waals surface area (Å²) < 4.78 is 10.7. The molecule has 0 saturated carbocycles. The Balaban J connectivity index is 2.53. The zero-order chi connectivity index (χ0) is 12.0. The van der Waals surface area contributed by atoms with Crippen LogP contribution in [-0.4, -0.2) is 26.3 Å². The molecule has 0 aromatic heterocycles. The van der Waals surface area contributed by atoms with E-state index in [-0.39, 0.29) is 0 Å². The summed E-state index contributed by atoms with van der Waals surface area (Å²) in [5, 5.41) is 0. The zero-order valence-corrected chi connectivity index (χ0v) is 10.6. The van der Waals surface area contributed by atoms with Crippen LogP contribution in [0.2, 0.25) is 0 Å². The van der Waals surface area contributed by atoms with Crippen molar-refractivity contribution in [3.63, 3.8) is 0 Å². The van der Waals surface area contributed by atoms with Gasteiger partial charge in [-0.05, 0) is 18.2 Å².